The van der Waals surface area contributed by atoms with E-state index in [0.717, 1.165) is 22.6 Å². The number of ether oxygens (including phenoxy) is 2. The lowest BCUT2D eigenvalue weighted by Crippen LogP contribution is -2.00. The molecule has 0 aliphatic carbocycles. The van der Waals surface area contributed by atoms with Crippen molar-refractivity contribution in [2.24, 2.45) is 0 Å². The molecule has 1 aromatic carbocycles. The zero-order valence-corrected chi connectivity index (χ0v) is 10.2. The Morgan fingerprint density at radius 1 is 1.26 bits per heavy atom. The van der Waals surface area contributed by atoms with Crippen LogP contribution in [0, 0.1) is 11.3 Å². The first-order valence-corrected chi connectivity index (χ1v) is 6.05. The third-order valence-corrected chi connectivity index (χ3v) is 3.12. The summed E-state index contributed by atoms with van der Waals surface area (Å²) in [6.45, 7) is 0.267. The lowest BCUT2D eigenvalue weighted by atomic mass is 9.94. The number of nitrogens with zero attached hydrogens (tertiary/aromatic N) is 2. The first-order valence-electron chi connectivity index (χ1n) is 6.05. The van der Waals surface area contributed by atoms with Gasteiger partial charge in [0, 0.05) is 12.4 Å². The predicted octanol–water partition coefficient (Wildman–Crippen LogP) is 2.66. The largest absolute Gasteiger partial charge is 0.454 e. The molecule has 1 aromatic heterocycles. The summed E-state index contributed by atoms with van der Waals surface area (Å²) >= 11 is 0. The average Bonchev–Trinajstić information content (AvgIpc) is 2.93. The van der Waals surface area contributed by atoms with E-state index in [0.29, 0.717) is 6.42 Å². The second-order valence-electron chi connectivity index (χ2n) is 4.36. The number of fused-ring (bicyclic) bond motifs is 1. The maximum atomic E-state index is 9.30. The standard InChI is InChI=1S/C15H12N2O2/c16-8-13(12-2-1-5-17-9-12)6-11-3-4-14-15(7-11)19-10-18-14/h1-5,7,9,13H,6,10H2. The number of hydrogen-bond donors (Lipinski definition) is 0. The topological polar surface area (TPSA) is 55.1 Å². The van der Waals surface area contributed by atoms with Gasteiger partial charge in [-0.2, -0.15) is 5.26 Å². The molecule has 0 saturated heterocycles. The van der Waals surface area contributed by atoms with E-state index in [1.807, 2.05) is 30.3 Å². The molecule has 1 unspecified atom stereocenters. The van der Waals surface area contributed by atoms with Crippen molar-refractivity contribution in [2.75, 3.05) is 6.79 Å². The summed E-state index contributed by atoms with van der Waals surface area (Å²) < 4.78 is 10.6. The number of pyridine rings is 1. The minimum atomic E-state index is -0.200. The zero-order chi connectivity index (χ0) is 13.1. The average molecular weight is 252 g/mol. The summed E-state index contributed by atoms with van der Waals surface area (Å²) in [6.07, 6.45) is 4.08. The monoisotopic (exact) mass is 252 g/mol. The molecule has 3 rings (SSSR count). The van der Waals surface area contributed by atoms with Crippen molar-refractivity contribution >= 4 is 0 Å². The van der Waals surface area contributed by atoms with Gasteiger partial charge in [0.05, 0.1) is 12.0 Å². The van der Waals surface area contributed by atoms with Gasteiger partial charge < -0.3 is 9.47 Å². The Kier molecular flexibility index (Phi) is 3.03. The summed E-state index contributed by atoms with van der Waals surface area (Å²) in [6, 6.07) is 11.9. The van der Waals surface area contributed by atoms with Crippen LogP contribution in [0.3, 0.4) is 0 Å². The second-order valence-corrected chi connectivity index (χ2v) is 4.36. The van der Waals surface area contributed by atoms with E-state index in [1.165, 1.54) is 0 Å². The summed E-state index contributed by atoms with van der Waals surface area (Å²) in [5.74, 6) is 1.31. The van der Waals surface area contributed by atoms with Crippen LogP contribution in [0.15, 0.2) is 42.7 Å². The Morgan fingerprint density at radius 3 is 2.95 bits per heavy atom. The van der Waals surface area contributed by atoms with Crippen LogP contribution in [-0.4, -0.2) is 11.8 Å². The van der Waals surface area contributed by atoms with Gasteiger partial charge >= 0.3 is 0 Å². The van der Waals surface area contributed by atoms with Crippen molar-refractivity contribution < 1.29 is 9.47 Å². The molecule has 4 heteroatoms. The van der Waals surface area contributed by atoms with Gasteiger partial charge in [0.25, 0.3) is 0 Å². The fourth-order valence-corrected chi connectivity index (χ4v) is 2.12. The molecule has 0 spiro atoms. The summed E-state index contributed by atoms with van der Waals surface area (Å²) in [5.41, 5.74) is 1.99. The molecule has 1 aliphatic rings. The Bertz CT molecular complexity index is 620. The van der Waals surface area contributed by atoms with Gasteiger partial charge in [-0.25, -0.2) is 0 Å². The van der Waals surface area contributed by atoms with Crippen molar-refractivity contribution in [2.45, 2.75) is 12.3 Å². The zero-order valence-electron chi connectivity index (χ0n) is 10.2. The minimum Gasteiger partial charge on any atom is -0.454 e. The van der Waals surface area contributed by atoms with E-state index in [1.54, 1.807) is 12.4 Å². The van der Waals surface area contributed by atoms with Crippen LogP contribution >= 0.6 is 0 Å². The minimum absolute atomic E-state index is 0.200. The van der Waals surface area contributed by atoms with Gasteiger partial charge in [-0.05, 0) is 35.7 Å². The highest BCUT2D eigenvalue weighted by molar-refractivity contribution is 5.45. The van der Waals surface area contributed by atoms with E-state index >= 15 is 0 Å². The molecule has 4 nitrogen and oxygen atoms in total. The predicted molar refractivity (Wildman–Crippen MR) is 68.9 cm³/mol. The van der Waals surface area contributed by atoms with Gasteiger partial charge in [0.2, 0.25) is 6.79 Å². The smallest absolute Gasteiger partial charge is 0.231 e. The van der Waals surface area contributed by atoms with Crippen LogP contribution in [0.25, 0.3) is 0 Å². The molecule has 1 aliphatic heterocycles. The normalized spacial score (nSPS) is 13.8. The first kappa shape index (κ1) is 11.5. The summed E-state index contributed by atoms with van der Waals surface area (Å²) in [4.78, 5) is 4.06. The van der Waals surface area contributed by atoms with Crippen LogP contribution in [0.2, 0.25) is 0 Å². The molecule has 1 atom stereocenters. The molecule has 19 heavy (non-hydrogen) atoms. The number of hydrogen-bond acceptors (Lipinski definition) is 4. The molecular formula is C15H12N2O2. The van der Waals surface area contributed by atoms with Gasteiger partial charge in [-0.15, -0.1) is 0 Å². The maximum absolute atomic E-state index is 9.30. The van der Waals surface area contributed by atoms with Crippen molar-refractivity contribution in [3.63, 3.8) is 0 Å². The molecule has 0 radical (unpaired) electrons. The third-order valence-electron chi connectivity index (χ3n) is 3.12. The van der Waals surface area contributed by atoms with E-state index in [-0.39, 0.29) is 12.7 Å². The number of benzene rings is 1. The number of nitriles is 1. The molecule has 0 saturated carbocycles. The van der Waals surface area contributed by atoms with Gasteiger partial charge in [-0.3, -0.25) is 4.98 Å². The molecule has 2 heterocycles. The Hall–Kier alpha value is -2.54. The van der Waals surface area contributed by atoms with Crippen LogP contribution in [0.4, 0.5) is 0 Å². The Labute approximate surface area is 111 Å². The number of rotatable bonds is 3. The molecule has 94 valence electrons. The van der Waals surface area contributed by atoms with Crippen LogP contribution in [0.1, 0.15) is 17.0 Å². The molecule has 0 bridgehead atoms. The van der Waals surface area contributed by atoms with E-state index in [2.05, 4.69) is 11.1 Å². The molecule has 0 N–H and O–H groups in total. The van der Waals surface area contributed by atoms with E-state index < -0.39 is 0 Å². The fourth-order valence-electron chi connectivity index (χ4n) is 2.12. The molecule has 0 fully saturated rings. The molecule has 2 aromatic rings. The lowest BCUT2D eigenvalue weighted by Gasteiger charge is -2.09. The Balaban J connectivity index is 1.82. The van der Waals surface area contributed by atoms with Crippen LogP contribution < -0.4 is 9.47 Å². The highest BCUT2D eigenvalue weighted by Crippen LogP contribution is 2.33. The quantitative estimate of drug-likeness (QED) is 0.842. The van der Waals surface area contributed by atoms with Crippen molar-refractivity contribution in [3.05, 3.63) is 53.9 Å². The van der Waals surface area contributed by atoms with Gasteiger partial charge in [0.15, 0.2) is 11.5 Å². The van der Waals surface area contributed by atoms with Crippen LogP contribution in [0.5, 0.6) is 11.5 Å². The van der Waals surface area contributed by atoms with Crippen molar-refractivity contribution in [3.8, 4) is 17.6 Å². The highest BCUT2D eigenvalue weighted by atomic mass is 16.7. The summed E-state index contributed by atoms with van der Waals surface area (Å²) in [7, 11) is 0. The molecule has 0 amide bonds. The number of aromatic nitrogens is 1. The van der Waals surface area contributed by atoms with E-state index in [4.69, 9.17) is 9.47 Å². The first-order chi connectivity index (χ1) is 9.36. The highest BCUT2D eigenvalue weighted by Gasteiger charge is 2.16. The van der Waals surface area contributed by atoms with Crippen molar-refractivity contribution in [1.29, 1.82) is 5.26 Å². The van der Waals surface area contributed by atoms with E-state index in [9.17, 15) is 5.26 Å². The SMILES string of the molecule is N#CC(Cc1ccc2c(c1)OCO2)c1cccnc1. The fraction of sp³-hybridized carbons (Fsp3) is 0.200. The van der Waals surface area contributed by atoms with Crippen LogP contribution in [-0.2, 0) is 6.42 Å². The molecular weight excluding hydrogens is 240 g/mol. The second kappa shape index (κ2) is 4.99. The Morgan fingerprint density at radius 2 is 2.16 bits per heavy atom. The lowest BCUT2D eigenvalue weighted by molar-refractivity contribution is 0.174. The maximum Gasteiger partial charge on any atom is 0.231 e. The van der Waals surface area contributed by atoms with Crippen molar-refractivity contribution in [1.82, 2.24) is 4.98 Å². The summed E-state index contributed by atoms with van der Waals surface area (Å²) in [5, 5.41) is 9.30. The van der Waals surface area contributed by atoms with Gasteiger partial charge in [0.1, 0.15) is 0 Å². The van der Waals surface area contributed by atoms with Gasteiger partial charge in [-0.1, -0.05) is 12.1 Å². The third kappa shape index (κ3) is 2.36.